The van der Waals surface area contributed by atoms with E-state index in [9.17, 15) is 9.59 Å². The SMILES string of the molecule is CCN1C(=O)C[C@H](N2CCC(Nc3ccc(OC)cc3)CC2)C1=O. The predicted octanol–water partition coefficient (Wildman–Crippen LogP) is 1.72. The minimum atomic E-state index is -0.251. The molecular formula is C18H25N3O3. The zero-order valence-corrected chi connectivity index (χ0v) is 14.3. The van der Waals surface area contributed by atoms with Gasteiger partial charge in [-0.3, -0.25) is 19.4 Å². The molecule has 2 fully saturated rings. The molecule has 6 nitrogen and oxygen atoms in total. The molecule has 3 rings (SSSR count). The Labute approximate surface area is 142 Å². The number of piperidine rings is 1. The average molecular weight is 331 g/mol. The minimum absolute atomic E-state index is 0.0240. The van der Waals surface area contributed by atoms with E-state index in [-0.39, 0.29) is 17.9 Å². The topological polar surface area (TPSA) is 61.9 Å². The Balaban J connectivity index is 1.52. The van der Waals surface area contributed by atoms with Crippen LogP contribution in [0.25, 0.3) is 0 Å². The Morgan fingerprint density at radius 2 is 1.83 bits per heavy atom. The van der Waals surface area contributed by atoms with Crippen LogP contribution in [0.5, 0.6) is 5.75 Å². The Hall–Kier alpha value is -2.08. The standard InChI is InChI=1S/C18H25N3O3/c1-3-21-17(22)12-16(18(21)23)20-10-8-14(9-11-20)19-13-4-6-15(24-2)7-5-13/h4-7,14,16,19H,3,8-12H2,1-2H3/t16-/m0/s1. The van der Waals surface area contributed by atoms with E-state index < -0.39 is 0 Å². The number of benzene rings is 1. The summed E-state index contributed by atoms with van der Waals surface area (Å²) in [6, 6.07) is 8.06. The summed E-state index contributed by atoms with van der Waals surface area (Å²) in [6.45, 7) is 4.01. The molecule has 24 heavy (non-hydrogen) atoms. The first kappa shape index (κ1) is 16.8. The largest absolute Gasteiger partial charge is 0.497 e. The van der Waals surface area contributed by atoms with Crippen LogP contribution in [0.3, 0.4) is 0 Å². The lowest BCUT2D eigenvalue weighted by molar-refractivity contribution is -0.139. The first-order valence-electron chi connectivity index (χ1n) is 8.61. The summed E-state index contributed by atoms with van der Waals surface area (Å²) in [6.07, 6.45) is 2.27. The molecule has 0 aromatic heterocycles. The molecular weight excluding hydrogens is 306 g/mol. The van der Waals surface area contributed by atoms with E-state index in [0.29, 0.717) is 19.0 Å². The van der Waals surface area contributed by atoms with Gasteiger partial charge in [-0.25, -0.2) is 0 Å². The number of carbonyl (C=O) groups is 2. The van der Waals surface area contributed by atoms with Crippen molar-refractivity contribution in [2.45, 2.75) is 38.3 Å². The predicted molar refractivity (Wildman–Crippen MR) is 92.0 cm³/mol. The fourth-order valence-electron chi connectivity index (χ4n) is 3.56. The lowest BCUT2D eigenvalue weighted by Crippen LogP contribution is -2.47. The quantitative estimate of drug-likeness (QED) is 0.833. The smallest absolute Gasteiger partial charge is 0.247 e. The monoisotopic (exact) mass is 331 g/mol. The molecule has 1 N–H and O–H groups in total. The van der Waals surface area contributed by atoms with Crippen molar-refractivity contribution in [3.63, 3.8) is 0 Å². The van der Waals surface area contributed by atoms with Gasteiger partial charge in [-0.2, -0.15) is 0 Å². The van der Waals surface area contributed by atoms with Crippen LogP contribution in [-0.4, -0.2) is 60.4 Å². The number of rotatable bonds is 5. The zero-order valence-electron chi connectivity index (χ0n) is 14.3. The molecule has 0 aliphatic carbocycles. The number of likely N-dealkylation sites (tertiary alicyclic amines) is 2. The van der Waals surface area contributed by atoms with E-state index >= 15 is 0 Å². The van der Waals surface area contributed by atoms with Crippen LogP contribution in [0.15, 0.2) is 24.3 Å². The van der Waals surface area contributed by atoms with Crippen LogP contribution in [0.1, 0.15) is 26.2 Å². The second-order valence-corrected chi connectivity index (χ2v) is 6.38. The van der Waals surface area contributed by atoms with Crippen LogP contribution in [0.4, 0.5) is 5.69 Å². The van der Waals surface area contributed by atoms with Crippen molar-refractivity contribution >= 4 is 17.5 Å². The van der Waals surface area contributed by atoms with E-state index in [4.69, 9.17) is 4.74 Å². The second kappa shape index (κ2) is 7.21. The fourth-order valence-corrected chi connectivity index (χ4v) is 3.56. The molecule has 2 saturated heterocycles. The zero-order chi connectivity index (χ0) is 17.1. The van der Waals surface area contributed by atoms with Gasteiger partial charge in [0, 0.05) is 31.4 Å². The van der Waals surface area contributed by atoms with E-state index in [1.807, 2.05) is 31.2 Å². The van der Waals surface area contributed by atoms with Crippen molar-refractivity contribution in [1.29, 1.82) is 0 Å². The van der Waals surface area contributed by atoms with Crippen LogP contribution >= 0.6 is 0 Å². The lowest BCUT2D eigenvalue weighted by Gasteiger charge is -2.35. The van der Waals surface area contributed by atoms with E-state index in [0.717, 1.165) is 37.4 Å². The number of methoxy groups -OCH3 is 1. The molecule has 0 unspecified atom stereocenters. The highest BCUT2D eigenvalue weighted by atomic mass is 16.5. The highest BCUT2D eigenvalue weighted by molar-refractivity contribution is 6.05. The van der Waals surface area contributed by atoms with E-state index in [1.165, 1.54) is 4.90 Å². The summed E-state index contributed by atoms with van der Waals surface area (Å²) in [4.78, 5) is 27.7. The Kier molecular flexibility index (Phi) is 5.04. The highest BCUT2D eigenvalue weighted by Gasteiger charge is 2.41. The van der Waals surface area contributed by atoms with Gasteiger partial charge in [0.05, 0.1) is 19.6 Å². The third-order valence-electron chi connectivity index (χ3n) is 4.97. The second-order valence-electron chi connectivity index (χ2n) is 6.38. The normalized spacial score (nSPS) is 22.9. The van der Waals surface area contributed by atoms with Gasteiger partial charge in [-0.1, -0.05) is 0 Å². The van der Waals surface area contributed by atoms with Crippen molar-refractivity contribution in [1.82, 2.24) is 9.80 Å². The number of carbonyl (C=O) groups excluding carboxylic acids is 2. The summed E-state index contributed by atoms with van der Waals surface area (Å²) in [5, 5.41) is 3.54. The number of imide groups is 1. The fraction of sp³-hybridized carbons (Fsp3) is 0.556. The molecule has 6 heteroatoms. The molecule has 1 aromatic rings. The van der Waals surface area contributed by atoms with Gasteiger partial charge in [0.15, 0.2) is 0 Å². The van der Waals surface area contributed by atoms with Crippen molar-refractivity contribution in [2.24, 2.45) is 0 Å². The number of ether oxygens (including phenoxy) is 1. The molecule has 0 saturated carbocycles. The summed E-state index contributed by atoms with van der Waals surface area (Å²) in [7, 11) is 1.66. The number of hydrogen-bond acceptors (Lipinski definition) is 5. The van der Waals surface area contributed by atoms with Gasteiger partial charge in [0.2, 0.25) is 11.8 Å². The number of amides is 2. The molecule has 2 aliphatic rings. The first-order valence-corrected chi connectivity index (χ1v) is 8.61. The van der Waals surface area contributed by atoms with Crippen LogP contribution in [0, 0.1) is 0 Å². The van der Waals surface area contributed by atoms with Crippen molar-refractivity contribution in [2.75, 3.05) is 32.1 Å². The highest BCUT2D eigenvalue weighted by Crippen LogP contribution is 2.24. The maximum absolute atomic E-state index is 12.3. The molecule has 1 atom stereocenters. The summed E-state index contributed by atoms with van der Waals surface area (Å²) < 4.78 is 5.17. The summed E-state index contributed by atoms with van der Waals surface area (Å²) >= 11 is 0. The van der Waals surface area contributed by atoms with Gasteiger partial charge in [-0.15, -0.1) is 0 Å². The average Bonchev–Trinajstić information content (AvgIpc) is 2.90. The van der Waals surface area contributed by atoms with Crippen LogP contribution in [-0.2, 0) is 9.59 Å². The number of hydrogen-bond donors (Lipinski definition) is 1. The molecule has 2 heterocycles. The van der Waals surface area contributed by atoms with Gasteiger partial charge in [0.25, 0.3) is 0 Å². The molecule has 2 aliphatic heterocycles. The van der Waals surface area contributed by atoms with Gasteiger partial charge < -0.3 is 10.1 Å². The van der Waals surface area contributed by atoms with Crippen LogP contribution in [0.2, 0.25) is 0 Å². The van der Waals surface area contributed by atoms with E-state index in [2.05, 4.69) is 10.2 Å². The van der Waals surface area contributed by atoms with Gasteiger partial charge in [0.1, 0.15) is 5.75 Å². The summed E-state index contributed by atoms with van der Waals surface area (Å²) in [5.41, 5.74) is 1.08. The van der Waals surface area contributed by atoms with Gasteiger partial charge in [-0.05, 0) is 44.0 Å². The lowest BCUT2D eigenvalue weighted by atomic mass is 10.0. The maximum Gasteiger partial charge on any atom is 0.247 e. The molecule has 130 valence electrons. The number of anilines is 1. The Morgan fingerprint density at radius 3 is 2.38 bits per heavy atom. The Bertz CT molecular complexity index is 594. The van der Waals surface area contributed by atoms with E-state index in [1.54, 1.807) is 7.11 Å². The number of nitrogens with zero attached hydrogens (tertiary/aromatic N) is 2. The van der Waals surface area contributed by atoms with Crippen LogP contribution < -0.4 is 10.1 Å². The third-order valence-corrected chi connectivity index (χ3v) is 4.97. The molecule has 0 spiro atoms. The van der Waals surface area contributed by atoms with Crippen molar-refractivity contribution in [3.05, 3.63) is 24.3 Å². The summed E-state index contributed by atoms with van der Waals surface area (Å²) in [5.74, 6) is 0.787. The van der Waals surface area contributed by atoms with Crippen molar-refractivity contribution < 1.29 is 14.3 Å². The Morgan fingerprint density at radius 1 is 1.17 bits per heavy atom. The van der Waals surface area contributed by atoms with Gasteiger partial charge >= 0.3 is 0 Å². The first-order chi connectivity index (χ1) is 11.6. The molecule has 0 bridgehead atoms. The third kappa shape index (κ3) is 3.38. The number of nitrogens with one attached hydrogen (secondary N) is 1. The molecule has 1 aromatic carbocycles. The number of likely N-dealkylation sites (N-methyl/N-ethyl adjacent to an activating group) is 1. The molecule has 0 radical (unpaired) electrons. The minimum Gasteiger partial charge on any atom is -0.497 e. The van der Waals surface area contributed by atoms with Crippen molar-refractivity contribution in [3.8, 4) is 5.75 Å². The maximum atomic E-state index is 12.3. The molecule has 2 amide bonds.